The highest BCUT2D eigenvalue weighted by Gasteiger charge is 2.31. The van der Waals surface area contributed by atoms with Crippen molar-refractivity contribution in [1.29, 1.82) is 0 Å². The number of rotatable bonds is 2. The van der Waals surface area contributed by atoms with E-state index in [-0.39, 0.29) is 17.3 Å². The van der Waals surface area contributed by atoms with Crippen molar-refractivity contribution in [2.75, 3.05) is 7.05 Å². The molecule has 0 spiro atoms. The molecule has 1 aliphatic carbocycles. The van der Waals surface area contributed by atoms with E-state index in [9.17, 15) is 4.79 Å². The first-order chi connectivity index (χ1) is 8.11. The number of alkyl halides is 1. The monoisotopic (exact) mass is 256 g/mol. The number of aromatic nitrogens is 1. The molecule has 1 fully saturated rings. The van der Waals surface area contributed by atoms with Crippen LogP contribution in [-0.4, -0.2) is 34.4 Å². The zero-order valence-electron chi connectivity index (χ0n) is 10.1. The molecule has 17 heavy (non-hydrogen) atoms. The van der Waals surface area contributed by atoms with Gasteiger partial charge in [0.25, 0.3) is 5.91 Å². The van der Waals surface area contributed by atoms with Crippen LogP contribution in [0.3, 0.4) is 0 Å². The maximum absolute atomic E-state index is 12.2. The molecule has 2 unspecified atom stereocenters. The van der Waals surface area contributed by atoms with Crippen LogP contribution in [0.2, 0.25) is 0 Å². The number of aryl methyl sites for hydroxylation is 1. The Morgan fingerprint density at radius 3 is 2.82 bits per heavy atom. The lowest BCUT2D eigenvalue weighted by Crippen LogP contribution is -2.44. The molecule has 1 aliphatic rings. The Bertz CT molecular complexity index is 405. The summed E-state index contributed by atoms with van der Waals surface area (Å²) in [5.41, 5.74) is 0.530. The second-order valence-corrected chi connectivity index (χ2v) is 5.14. The molecule has 0 saturated heterocycles. The zero-order chi connectivity index (χ0) is 12.4. The quantitative estimate of drug-likeness (QED) is 0.764. The van der Waals surface area contributed by atoms with Gasteiger partial charge in [-0.2, -0.15) is 0 Å². The van der Waals surface area contributed by atoms with Crippen LogP contribution in [0.25, 0.3) is 0 Å². The Balaban J connectivity index is 2.11. The first-order valence-corrected chi connectivity index (χ1v) is 6.37. The van der Waals surface area contributed by atoms with E-state index in [2.05, 4.69) is 5.16 Å². The van der Waals surface area contributed by atoms with Gasteiger partial charge >= 0.3 is 0 Å². The summed E-state index contributed by atoms with van der Waals surface area (Å²) in [6.07, 6.45) is 5.71. The largest absolute Gasteiger partial charge is 0.361 e. The summed E-state index contributed by atoms with van der Waals surface area (Å²) in [6, 6.07) is 0.118. The fourth-order valence-corrected chi connectivity index (χ4v) is 2.80. The molecule has 1 aromatic rings. The van der Waals surface area contributed by atoms with Crippen LogP contribution in [0.1, 0.15) is 41.8 Å². The van der Waals surface area contributed by atoms with Gasteiger partial charge in [-0.3, -0.25) is 4.79 Å². The topological polar surface area (TPSA) is 46.3 Å². The molecular formula is C12H17ClN2O2. The maximum atomic E-state index is 12.2. The summed E-state index contributed by atoms with van der Waals surface area (Å²) in [5, 5.41) is 3.69. The highest BCUT2D eigenvalue weighted by Crippen LogP contribution is 2.27. The van der Waals surface area contributed by atoms with Crippen molar-refractivity contribution >= 4 is 17.5 Å². The van der Waals surface area contributed by atoms with Gasteiger partial charge in [0.1, 0.15) is 11.3 Å². The summed E-state index contributed by atoms with van der Waals surface area (Å²) < 4.78 is 4.92. The van der Waals surface area contributed by atoms with Crippen molar-refractivity contribution in [3.05, 3.63) is 17.5 Å². The molecule has 94 valence electrons. The van der Waals surface area contributed by atoms with E-state index in [0.717, 1.165) is 25.7 Å². The van der Waals surface area contributed by atoms with Crippen LogP contribution in [0, 0.1) is 6.92 Å². The Kier molecular flexibility index (Phi) is 3.72. The molecule has 2 atom stereocenters. The van der Waals surface area contributed by atoms with Gasteiger partial charge in [0.05, 0.1) is 11.6 Å². The lowest BCUT2D eigenvalue weighted by atomic mass is 9.93. The van der Waals surface area contributed by atoms with Crippen molar-refractivity contribution in [3.63, 3.8) is 0 Å². The molecule has 4 nitrogen and oxygen atoms in total. The van der Waals surface area contributed by atoms with Crippen molar-refractivity contribution in [1.82, 2.24) is 10.1 Å². The highest BCUT2D eigenvalue weighted by atomic mass is 35.5. The number of carbonyl (C=O) groups is 1. The van der Waals surface area contributed by atoms with E-state index in [1.54, 1.807) is 18.9 Å². The Labute approximate surface area is 106 Å². The molecule has 5 heteroatoms. The number of hydrogen-bond donors (Lipinski definition) is 0. The molecule has 0 N–H and O–H groups in total. The average molecular weight is 257 g/mol. The molecule has 0 aliphatic heterocycles. The minimum atomic E-state index is -0.0544. The second-order valence-electron chi connectivity index (χ2n) is 4.58. The SMILES string of the molecule is Cc1oncc1C(=O)N(C)C1CCCCC1Cl. The average Bonchev–Trinajstić information content (AvgIpc) is 2.74. The smallest absolute Gasteiger partial charge is 0.259 e. The predicted molar refractivity (Wildman–Crippen MR) is 65.2 cm³/mol. The van der Waals surface area contributed by atoms with Gasteiger partial charge in [0, 0.05) is 13.1 Å². The number of amides is 1. The van der Waals surface area contributed by atoms with Gasteiger partial charge < -0.3 is 9.42 Å². The van der Waals surface area contributed by atoms with Gasteiger partial charge in [0.15, 0.2) is 0 Å². The Hall–Kier alpha value is -1.03. The van der Waals surface area contributed by atoms with Crippen LogP contribution < -0.4 is 0 Å². The van der Waals surface area contributed by atoms with Crippen molar-refractivity contribution < 1.29 is 9.32 Å². The van der Waals surface area contributed by atoms with Crippen molar-refractivity contribution in [3.8, 4) is 0 Å². The molecular weight excluding hydrogens is 240 g/mol. The molecule has 1 aromatic heterocycles. The molecule has 0 aromatic carbocycles. The van der Waals surface area contributed by atoms with E-state index in [4.69, 9.17) is 16.1 Å². The summed E-state index contributed by atoms with van der Waals surface area (Å²) >= 11 is 6.29. The molecule has 1 saturated carbocycles. The summed E-state index contributed by atoms with van der Waals surface area (Å²) in [5.74, 6) is 0.505. The molecule has 0 bridgehead atoms. The van der Waals surface area contributed by atoms with E-state index < -0.39 is 0 Å². The van der Waals surface area contributed by atoms with Gasteiger partial charge in [0.2, 0.25) is 0 Å². The van der Waals surface area contributed by atoms with Gasteiger partial charge in [-0.25, -0.2) is 0 Å². The molecule has 0 radical (unpaired) electrons. The third kappa shape index (κ3) is 2.46. The van der Waals surface area contributed by atoms with Crippen LogP contribution in [0.5, 0.6) is 0 Å². The van der Waals surface area contributed by atoms with Gasteiger partial charge in [-0.15, -0.1) is 11.6 Å². The van der Waals surface area contributed by atoms with Crippen molar-refractivity contribution in [2.45, 2.75) is 44.0 Å². The third-order valence-corrected chi connectivity index (χ3v) is 3.96. The van der Waals surface area contributed by atoms with Crippen LogP contribution in [-0.2, 0) is 0 Å². The number of hydrogen-bond acceptors (Lipinski definition) is 3. The van der Waals surface area contributed by atoms with Crippen LogP contribution >= 0.6 is 11.6 Å². The Morgan fingerprint density at radius 2 is 2.24 bits per heavy atom. The molecule has 1 heterocycles. The summed E-state index contributed by atoms with van der Waals surface area (Å²) in [6.45, 7) is 1.74. The van der Waals surface area contributed by atoms with Crippen LogP contribution in [0.15, 0.2) is 10.7 Å². The second kappa shape index (κ2) is 5.08. The normalized spacial score (nSPS) is 24.6. The minimum absolute atomic E-state index is 0.0536. The van der Waals surface area contributed by atoms with E-state index >= 15 is 0 Å². The van der Waals surface area contributed by atoms with E-state index in [1.165, 1.54) is 6.20 Å². The fraction of sp³-hybridized carbons (Fsp3) is 0.667. The van der Waals surface area contributed by atoms with E-state index in [1.807, 2.05) is 0 Å². The fourth-order valence-electron chi connectivity index (χ4n) is 2.35. The highest BCUT2D eigenvalue weighted by molar-refractivity contribution is 6.21. The van der Waals surface area contributed by atoms with Crippen LogP contribution in [0.4, 0.5) is 0 Å². The molecule has 1 amide bonds. The number of carbonyl (C=O) groups excluding carboxylic acids is 1. The summed E-state index contributed by atoms with van der Waals surface area (Å²) in [4.78, 5) is 14.0. The van der Waals surface area contributed by atoms with Gasteiger partial charge in [-0.05, 0) is 19.8 Å². The predicted octanol–water partition coefficient (Wildman–Crippen LogP) is 2.61. The first-order valence-electron chi connectivity index (χ1n) is 5.93. The number of halogens is 1. The first kappa shape index (κ1) is 12.4. The van der Waals surface area contributed by atoms with Crippen molar-refractivity contribution in [2.24, 2.45) is 0 Å². The van der Waals surface area contributed by atoms with E-state index in [0.29, 0.717) is 11.3 Å². The standard InChI is InChI=1S/C12H17ClN2O2/c1-8-9(7-14-17-8)12(16)15(2)11-6-4-3-5-10(11)13/h7,10-11H,3-6H2,1-2H3. The third-order valence-electron chi connectivity index (χ3n) is 3.45. The Morgan fingerprint density at radius 1 is 1.53 bits per heavy atom. The maximum Gasteiger partial charge on any atom is 0.259 e. The lowest BCUT2D eigenvalue weighted by Gasteiger charge is -2.34. The number of nitrogens with zero attached hydrogens (tertiary/aromatic N) is 2. The molecule has 2 rings (SSSR count). The van der Waals surface area contributed by atoms with Gasteiger partial charge in [-0.1, -0.05) is 18.0 Å². The summed E-state index contributed by atoms with van der Waals surface area (Å²) in [7, 11) is 1.81. The zero-order valence-corrected chi connectivity index (χ0v) is 10.9. The minimum Gasteiger partial charge on any atom is -0.361 e. The lowest BCUT2D eigenvalue weighted by molar-refractivity contribution is 0.0698.